The fourth-order valence-electron chi connectivity index (χ4n) is 2.20. The van der Waals surface area contributed by atoms with E-state index in [1.165, 1.54) is 0 Å². The second-order valence-corrected chi connectivity index (χ2v) is 4.61. The second kappa shape index (κ2) is 7.16. The van der Waals surface area contributed by atoms with Crippen molar-refractivity contribution in [2.75, 3.05) is 45.9 Å². The molecule has 100 valence electrons. The first-order valence-electron chi connectivity index (χ1n) is 6.09. The van der Waals surface area contributed by atoms with Gasteiger partial charge >= 0.3 is 0 Å². The predicted molar refractivity (Wildman–Crippen MR) is 68.3 cm³/mol. The Labute approximate surface area is 109 Å². The number of nitrogens with zero attached hydrogens (tertiary/aromatic N) is 2. The Morgan fingerprint density at radius 3 is 2.35 bits per heavy atom. The Bertz CT molecular complexity index is 239. The minimum absolute atomic E-state index is 0. The maximum Gasteiger partial charge on any atom is 0.236 e. The van der Waals surface area contributed by atoms with Gasteiger partial charge in [0, 0.05) is 32.2 Å². The van der Waals surface area contributed by atoms with E-state index in [2.05, 4.69) is 4.90 Å². The molecule has 5 nitrogen and oxygen atoms in total. The van der Waals surface area contributed by atoms with Gasteiger partial charge < -0.3 is 15.4 Å². The molecular formula is C11H22ClN3O2. The van der Waals surface area contributed by atoms with Gasteiger partial charge in [0.2, 0.25) is 5.91 Å². The van der Waals surface area contributed by atoms with Gasteiger partial charge in [-0.1, -0.05) is 0 Å². The molecule has 0 saturated carbocycles. The summed E-state index contributed by atoms with van der Waals surface area (Å²) in [4.78, 5) is 16.1. The molecule has 0 aromatic heterocycles. The summed E-state index contributed by atoms with van der Waals surface area (Å²) in [5, 5.41) is 0. The van der Waals surface area contributed by atoms with Gasteiger partial charge in [-0.3, -0.25) is 9.69 Å². The quantitative estimate of drug-likeness (QED) is 0.743. The van der Waals surface area contributed by atoms with Crippen LogP contribution in [0, 0.1) is 0 Å². The van der Waals surface area contributed by atoms with Crippen molar-refractivity contribution in [1.82, 2.24) is 9.80 Å². The summed E-state index contributed by atoms with van der Waals surface area (Å²) < 4.78 is 5.26. The van der Waals surface area contributed by atoms with E-state index in [4.69, 9.17) is 10.5 Å². The third kappa shape index (κ3) is 4.43. The number of piperidine rings is 1. The molecule has 0 unspecified atom stereocenters. The smallest absolute Gasteiger partial charge is 0.236 e. The van der Waals surface area contributed by atoms with E-state index in [-0.39, 0.29) is 24.4 Å². The first-order chi connectivity index (χ1) is 7.75. The normalized spacial score (nSPS) is 23.2. The van der Waals surface area contributed by atoms with Crippen LogP contribution in [0.25, 0.3) is 0 Å². The van der Waals surface area contributed by atoms with E-state index >= 15 is 0 Å². The highest BCUT2D eigenvalue weighted by atomic mass is 35.5. The molecule has 0 atom stereocenters. The number of carbonyl (C=O) groups excluding carboxylic acids is 1. The largest absolute Gasteiger partial charge is 0.379 e. The van der Waals surface area contributed by atoms with Gasteiger partial charge in [0.1, 0.15) is 0 Å². The number of carbonyl (C=O) groups is 1. The highest BCUT2D eigenvalue weighted by molar-refractivity contribution is 5.85. The van der Waals surface area contributed by atoms with Crippen LogP contribution in [0.2, 0.25) is 0 Å². The Kier molecular flexibility index (Phi) is 6.19. The number of morpholine rings is 1. The van der Waals surface area contributed by atoms with E-state index < -0.39 is 0 Å². The average Bonchev–Trinajstić information content (AvgIpc) is 2.31. The van der Waals surface area contributed by atoms with Crippen LogP contribution in [0.4, 0.5) is 0 Å². The molecule has 2 aliphatic rings. The summed E-state index contributed by atoms with van der Waals surface area (Å²) in [6, 6.07) is 0.285. The van der Waals surface area contributed by atoms with Crippen molar-refractivity contribution in [2.24, 2.45) is 5.73 Å². The number of ether oxygens (including phenoxy) is 1. The van der Waals surface area contributed by atoms with E-state index in [0.29, 0.717) is 6.54 Å². The van der Waals surface area contributed by atoms with Crippen LogP contribution in [-0.4, -0.2) is 67.7 Å². The number of rotatable bonds is 2. The van der Waals surface area contributed by atoms with Gasteiger partial charge in [-0.2, -0.15) is 0 Å². The van der Waals surface area contributed by atoms with Crippen LogP contribution < -0.4 is 5.73 Å². The molecular weight excluding hydrogens is 242 g/mol. The predicted octanol–water partition coefficient (Wildman–Crippen LogP) is -0.310. The Hall–Kier alpha value is -0.360. The number of likely N-dealkylation sites (tertiary alicyclic amines) is 1. The number of halogens is 1. The van der Waals surface area contributed by atoms with Crippen molar-refractivity contribution in [3.05, 3.63) is 0 Å². The first-order valence-corrected chi connectivity index (χ1v) is 6.09. The van der Waals surface area contributed by atoms with Gasteiger partial charge in [0.05, 0.1) is 19.8 Å². The molecule has 0 aromatic carbocycles. The van der Waals surface area contributed by atoms with Crippen LogP contribution in [0.1, 0.15) is 12.8 Å². The lowest BCUT2D eigenvalue weighted by molar-refractivity contribution is -0.134. The number of amides is 1. The van der Waals surface area contributed by atoms with E-state index in [1.807, 2.05) is 4.90 Å². The van der Waals surface area contributed by atoms with Gasteiger partial charge in [-0.05, 0) is 12.8 Å². The van der Waals surface area contributed by atoms with Crippen LogP contribution in [-0.2, 0) is 9.53 Å². The molecule has 1 amide bonds. The average molecular weight is 264 g/mol. The summed E-state index contributed by atoms with van der Waals surface area (Å²) >= 11 is 0. The summed E-state index contributed by atoms with van der Waals surface area (Å²) in [5.74, 6) is 0.244. The molecule has 0 aromatic rings. The van der Waals surface area contributed by atoms with Gasteiger partial charge in [-0.25, -0.2) is 0 Å². The molecule has 2 heterocycles. The zero-order valence-electron chi connectivity index (χ0n) is 10.1. The SMILES string of the molecule is Cl.NC1CCN(C(=O)CN2CCOCC2)CC1. The fourth-order valence-corrected chi connectivity index (χ4v) is 2.20. The minimum Gasteiger partial charge on any atom is -0.379 e. The Morgan fingerprint density at radius 2 is 1.76 bits per heavy atom. The standard InChI is InChI=1S/C11H21N3O2.ClH/c12-10-1-3-14(4-2-10)11(15)9-13-5-7-16-8-6-13;/h10H,1-9,12H2;1H. The van der Waals surface area contributed by atoms with Crippen molar-refractivity contribution in [3.8, 4) is 0 Å². The van der Waals surface area contributed by atoms with Crippen molar-refractivity contribution in [3.63, 3.8) is 0 Å². The maximum absolute atomic E-state index is 12.0. The molecule has 2 aliphatic heterocycles. The van der Waals surface area contributed by atoms with E-state index in [1.54, 1.807) is 0 Å². The number of hydrogen-bond acceptors (Lipinski definition) is 4. The molecule has 17 heavy (non-hydrogen) atoms. The van der Waals surface area contributed by atoms with Crippen LogP contribution in [0.3, 0.4) is 0 Å². The highest BCUT2D eigenvalue weighted by Crippen LogP contribution is 2.09. The molecule has 0 bridgehead atoms. The van der Waals surface area contributed by atoms with Gasteiger partial charge in [0.15, 0.2) is 0 Å². The van der Waals surface area contributed by atoms with Crippen LogP contribution in [0.5, 0.6) is 0 Å². The molecule has 0 radical (unpaired) electrons. The fraction of sp³-hybridized carbons (Fsp3) is 0.909. The minimum atomic E-state index is 0. The van der Waals surface area contributed by atoms with Crippen molar-refractivity contribution < 1.29 is 9.53 Å². The summed E-state index contributed by atoms with van der Waals surface area (Å²) in [6.45, 7) is 5.43. The third-order valence-corrected chi connectivity index (χ3v) is 3.35. The molecule has 6 heteroatoms. The highest BCUT2D eigenvalue weighted by Gasteiger charge is 2.22. The Balaban J connectivity index is 0.00000144. The Morgan fingerprint density at radius 1 is 1.18 bits per heavy atom. The zero-order valence-corrected chi connectivity index (χ0v) is 11.0. The topological polar surface area (TPSA) is 58.8 Å². The van der Waals surface area contributed by atoms with Crippen molar-refractivity contribution >= 4 is 18.3 Å². The van der Waals surface area contributed by atoms with Crippen LogP contribution >= 0.6 is 12.4 Å². The monoisotopic (exact) mass is 263 g/mol. The molecule has 2 saturated heterocycles. The van der Waals surface area contributed by atoms with Crippen LogP contribution in [0.15, 0.2) is 0 Å². The van der Waals surface area contributed by atoms with E-state index in [9.17, 15) is 4.79 Å². The van der Waals surface area contributed by atoms with Gasteiger partial charge in [0.25, 0.3) is 0 Å². The number of hydrogen-bond donors (Lipinski definition) is 1. The third-order valence-electron chi connectivity index (χ3n) is 3.35. The maximum atomic E-state index is 12.0. The molecule has 2 rings (SSSR count). The lowest BCUT2D eigenvalue weighted by atomic mass is 10.1. The molecule has 0 spiro atoms. The summed E-state index contributed by atoms with van der Waals surface area (Å²) in [7, 11) is 0. The lowest BCUT2D eigenvalue weighted by Crippen LogP contribution is -2.48. The van der Waals surface area contributed by atoms with Gasteiger partial charge in [-0.15, -0.1) is 12.4 Å². The summed E-state index contributed by atoms with van der Waals surface area (Å²) in [6.07, 6.45) is 1.88. The lowest BCUT2D eigenvalue weighted by Gasteiger charge is -2.33. The number of nitrogens with two attached hydrogens (primary N) is 1. The van der Waals surface area contributed by atoms with E-state index in [0.717, 1.165) is 52.2 Å². The molecule has 2 N–H and O–H groups in total. The summed E-state index contributed by atoms with van der Waals surface area (Å²) in [5.41, 5.74) is 5.82. The zero-order chi connectivity index (χ0) is 11.4. The molecule has 0 aliphatic carbocycles. The second-order valence-electron chi connectivity index (χ2n) is 4.61. The van der Waals surface area contributed by atoms with Crippen molar-refractivity contribution in [2.45, 2.75) is 18.9 Å². The first kappa shape index (κ1) is 14.7. The van der Waals surface area contributed by atoms with Crippen molar-refractivity contribution in [1.29, 1.82) is 0 Å². The molecule has 2 fully saturated rings.